The minimum Gasteiger partial charge on any atom is -0.322 e. The number of rotatable bonds is 4. The van der Waals surface area contributed by atoms with Crippen molar-refractivity contribution < 1.29 is 4.79 Å². The van der Waals surface area contributed by atoms with Crippen LogP contribution in [0.15, 0.2) is 66.7 Å². The second kappa shape index (κ2) is 8.56. The van der Waals surface area contributed by atoms with Crippen molar-refractivity contribution in [2.24, 2.45) is 0 Å². The van der Waals surface area contributed by atoms with Gasteiger partial charge in [0.15, 0.2) is 0 Å². The molecule has 0 atom stereocenters. The summed E-state index contributed by atoms with van der Waals surface area (Å²) in [4.78, 5) is 17.2. The van der Waals surface area contributed by atoms with Gasteiger partial charge in [-0.3, -0.25) is 4.79 Å². The highest BCUT2D eigenvalue weighted by molar-refractivity contribution is 7.21. The topological polar surface area (TPSA) is 42.0 Å². The summed E-state index contributed by atoms with van der Waals surface area (Å²) in [7, 11) is 0. The maximum Gasteiger partial charge on any atom is 0.248 e. The van der Waals surface area contributed by atoms with E-state index in [9.17, 15) is 4.79 Å². The number of nitrogens with one attached hydrogen (secondary N) is 1. The van der Waals surface area contributed by atoms with E-state index in [4.69, 9.17) is 34.8 Å². The van der Waals surface area contributed by atoms with E-state index in [1.807, 2.05) is 24.3 Å². The number of carbonyl (C=O) groups excluding carboxylic acids is 1. The van der Waals surface area contributed by atoms with Gasteiger partial charge in [0.25, 0.3) is 0 Å². The zero-order valence-corrected chi connectivity index (χ0v) is 17.9. The highest BCUT2D eigenvalue weighted by Crippen LogP contribution is 2.36. The summed E-state index contributed by atoms with van der Waals surface area (Å²) in [5.74, 6) is -0.291. The fraction of sp³-hybridized carbons (Fsp3) is 0. The van der Waals surface area contributed by atoms with E-state index in [-0.39, 0.29) is 5.91 Å². The number of carbonyl (C=O) groups is 1. The molecule has 144 valence electrons. The van der Waals surface area contributed by atoms with Crippen molar-refractivity contribution in [2.45, 2.75) is 0 Å². The van der Waals surface area contributed by atoms with Crippen LogP contribution in [0.4, 0.5) is 5.69 Å². The normalized spacial score (nSPS) is 11.3. The molecule has 1 N–H and O–H groups in total. The Labute approximate surface area is 186 Å². The Kier molecular flexibility index (Phi) is 5.88. The van der Waals surface area contributed by atoms with Crippen LogP contribution in [0.5, 0.6) is 0 Å². The van der Waals surface area contributed by atoms with Gasteiger partial charge in [0, 0.05) is 26.7 Å². The number of thiazole rings is 1. The fourth-order valence-electron chi connectivity index (χ4n) is 2.77. The van der Waals surface area contributed by atoms with E-state index >= 15 is 0 Å². The lowest BCUT2D eigenvalue weighted by molar-refractivity contribution is -0.111. The largest absolute Gasteiger partial charge is 0.322 e. The third kappa shape index (κ3) is 4.62. The van der Waals surface area contributed by atoms with E-state index in [0.717, 1.165) is 20.8 Å². The van der Waals surface area contributed by atoms with Crippen molar-refractivity contribution >= 4 is 74.0 Å². The molecule has 7 heteroatoms. The zero-order chi connectivity index (χ0) is 20.4. The second-order valence-electron chi connectivity index (χ2n) is 6.17. The molecule has 0 radical (unpaired) electrons. The molecule has 0 saturated heterocycles. The van der Waals surface area contributed by atoms with Crippen LogP contribution < -0.4 is 5.32 Å². The summed E-state index contributed by atoms with van der Waals surface area (Å²) in [5, 5.41) is 5.27. The van der Waals surface area contributed by atoms with Crippen molar-refractivity contribution in [3.8, 4) is 10.6 Å². The number of amides is 1. The predicted molar refractivity (Wildman–Crippen MR) is 124 cm³/mol. The maximum atomic E-state index is 12.5. The smallest absolute Gasteiger partial charge is 0.248 e. The molecule has 0 bridgehead atoms. The van der Waals surface area contributed by atoms with E-state index in [2.05, 4.69) is 10.3 Å². The average molecular weight is 460 g/mol. The fourth-order valence-corrected chi connectivity index (χ4v) is 4.41. The first-order chi connectivity index (χ1) is 14.0. The van der Waals surface area contributed by atoms with Crippen LogP contribution in [0.2, 0.25) is 15.1 Å². The maximum absolute atomic E-state index is 12.5. The number of hydrogen-bond acceptors (Lipinski definition) is 3. The lowest BCUT2D eigenvalue weighted by Crippen LogP contribution is -2.08. The Balaban J connectivity index is 1.62. The number of hydrogen-bond donors (Lipinski definition) is 1. The number of aromatic nitrogens is 1. The van der Waals surface area contributed by atoms with E-state index < -0.39 is 0 Å². The molecule has 0 aliphatic heterocycles. The van der Waals surface area contributed by atoms with E-state index in [1.165, 1.54) is 6.08 Å². The lowest BCUT2D eigenvalue weighted by Gasteiger charge is -2.08. The molecule has 29 heavy (non-hydrogen) atoms. The first kappa shape index (κ1) is 19.9. The van der Waals surface area contributed by atoms with Crippen molar-refractivity contribution in [1.29, 1.82) is 0 Å². The number of nitrogens with zero attached hydrogens (tertiary/aromatic N) is 1. The molecule has 0 spiro atoms. The molecule has 1 amide bonds. The summed E-state index contributed by atoms with van der Waals surface area (Å²) in [6, 6.07) is 18.3. The highest BCUT2D eigenvalue weighted by atomic mass is 35.5. The molecule has 0 unspecified atom stereocenters. The molecule has 1 aromatic heterocycles. The summed E-state index contributed by atoms with van der Waals surface area (Å²) in [6.45, 7) is 0. The van der Waals surface area contributed by atoms with Gasteiger partial charge < -0.3 is 5.32 Å². The van der Waals surface area contributed by atoms with Gasteiger partial charge in [0.05, 0.1) is 15.9 Å². The van der Waals surface area contributed by atoms with Gasteiger partial charge in [0.1, 0.15) is 5.01 Å². The minimum absolute atomic E-state index is 0.291. The predicted octanol–water partition coefficient (Wildman–Crippen LogP) is 7.58. The molecule has 4 aromatic rings. The molecule has 0 fully saturated rings. The Hall–Kier alpha value is -2.37. The third-order valence-electron chi connectivity index (χ3n) is 4.14. The summed E-state index contributed by atoms with van der Waals surface area (Å²) in [5.41, 5.74) is 3.01. The van der Waals surface area contributed by atoms with Crippen LogP contribution in [0.3, 0.4) is 0 Å². The van der Waals surface area contributed by atoms with Crippen molar-refractivity contribution in [1.82, 2.24) is 4.98 Å². The quantitative estimate of drug-likeness (QED) is 0.320. The van der Waals surface area contributed by atoms with E-state index in [1.54, 1.807) is 53.8 Å². The van der Waals surface area contributed by atoms with Crippen LogP contribution in [0, 0.1) is 0 Å². The summed E-state index contributed by atoms with van der Waals surface area (Å²) >= 11 is 19.8. The molecule has 3 nitrogen and oxygen atoms in total. The average Bonchev–Trinajstić information content (AvgIpc) is 3.13. The van der Waals surface area contributed by atoms with Crippen LogP contribution in [-0.2, 0) is 4.79 Å². The van der Waals surface area contributed by atoms with Crippen LogP contribution in [0.1, 0.15) is 5.56 Å². The SMILES string of the molecule is O=C(/C=C/c1ccc(Cl)cc1Cl)Nc1ccc(Cl)cc1-c1nc2ccccc2s1. The first-order valence-electron chi connectivity index (χ1n) is 8.59. The second-order valence-corrected chi connectivity index (χ2v) is 8.48. The van der Waals surface area contributed by atoms with Gasteiger partial charge in [-0.15, -0.1) is 11.3 Å². The van der Waals surface area contributed by atoms with Gasteiger partial charge >= 0.3 is 0 Å². The van der Waals surface area contributed by atoms with Gasteiger partial charge in [-0.2, -0.15) is 0 Å². The Bertz CT molecular complexity index is 1220. The molecule has 1 heterocycles. The highest BCUT2D eigenvalue weighted by Gasteiger charge is 2.13. The molecular formula is C22H13Cl3N2OS. The number of fused-ring (bicyclic) bond motifs is 1. The number of para-hydroxylation sites is 1. The van der Waals surface area contributed by atoms with Crippen LogP contribution in [-0.4, -0.2) is 10.9 Å². The van der Waals surface area contributed by atoms with Crippen LogP contribution in [0.25, 0.3) is 26.9 Å². The third-order valence-corrected chi connectivity index (χ3v) is 6.01. The lowest BCUT2D eigenvalue weighted by atomic mass is 10.1. The first-order valence-corrected chi connectivity index (χ1v) is 10.5. The van der Waals surface area contributed by atoms with Crippen molar-refractivity contribution in [2.75, 3.05) is 5.32 Å². The summed E-state index contributed by atoms with van der Waals surface area (Å²) < 4.78 is 1.07. The molecule has 0 saturated carbocycles. The molecular weight excluding hydrogens is 447 g/mol. The number of benzene rings is 3. The monoisotopic (exact) mass is 458 g/mol. The van der Waals surface area contributed by atoms with Gasteiger partial charge in [-0.05, 0) is 54.1 Å². The Morgan fingerprint density at radius 2 is 1.72 bits per heavy atom. The molecule has 0 aliphatic rings. The molecule has 4 rings (SSSR count). The minimum atomic E-state index is -0.291. The number of halogens is 3. The standard InChI is InChI=1S/C22H13Cl3N2OS/c23-14-8-9-18(16(11-14)22-27-19-3-1-2-4-20(19)29-22)26-21(28)10-6-13-5-7-15(24)12-17(13)25/h1-12H,(H,26,28)/b10-6+. The van der Waals surface area contributed by atoms with Crippen molar-refractivity contribution in [3.05, 3.63) is 87.4 Å². The Morgan fingerprint density at radius 1 is 0.966 bits per heavy atom. The Morgan fingerprint density at radius 3 is 2.52 bits per heavy atom. The van der Waals surface area contributed by atoms with E-state index in [0.29, 0.717) is 26.3 Å². The summed E-state index contributed by atoms with van der Waals surface area (Å²) in [6.07, 6.45) is 3.06. The van der Waals surface area contributed by atoms with Gasteiger partial charge in [-0.1, -0.05) is 53.0 Å². The molecule has 3 aromatic carbocycles. The van der Waals surface area contributed by atoms with Gasteiger partial charge in [0.2, 0.25) is 5.91 Å². The van der Waals surface area contributed by atoms with Crippen molar-refractivity contribution in [3.63, 3.8) is 0 Å². The van der Waals surface area contributed by atoms with Gasteiger partial charge in [-0.25, -0.2) is 4.98 Å². The number of anilines is 1. The molecule has 0 aliphatic carbocycles. The zero-order valence-electron chi connectivity index (χ0n) is 14.8. The van der Waals surface area contributed by atoms with Crippen LogP contribution >= 0.6 is 46.1 Å².